The van der Waals surface area contributed by atoms with Crippen LogP contribution in [0, 0.1) is 5.92 Å². The van der Waals surface area contributed by atoms with Crippen molar-refractivity contribution in [2.75, 3.05) is 57.5 Å². The van der Waals surface area contributed by atoms with Crippen LogP contribution in [0.2, 0.25) is 0 Å². The number of carbonyl (C=O) groups excluding carboxylic acids is 1. The molecule has 2 saturated heterocycles. The molecule has 0 radical (unpaired) electrons. The molecule has 1 aromatic heterocycles. The van der Waals surface area contributed by atoms with Gasteiger partial charge in [-0.3, -0.25) is 4.79 Å². The lowest BCUT2D eigenvalue weighted by Crippen LogP contribution is -2.38. The molecule has 1 amide bonds. The quantitative estimate of drug-likeness (QED) is 0.775. The van der Waals surface area contributed by atoms with Gasteiger partial charge in [-0.25, -0.2) is 9.97 Å². The van der Waals surface area contributed by atoms with Gasteiger partial charge in [0.1, 0.15) is 12.1 Å². The fourth-order valence-electron chi connectivity index (χ4n) is 3.76. The van der Waals surface area contributed by atoms with E-state index in [-0.39, 0.29) is 11.8 Å². The third kappa shape index (κ3) is 3.10. The molecule has 7 nitrogen and oxygen atoms in total. The molecule has 3 aliphatic rings. The Balaban J connectivity index is 1.51. The first-order valence-corrected chi connectivity index (χ1v) is 8.85. The molecule has 24 heavy (non-hydrogen) atoms. The zero-order chi connectivity index (χ0) is 16.4. The van der Waals surface area contributed by atoms with E-state index < -0.39 is 0 Å². The summed E-state index contributed by atoms with van der Waals surface area (Å²) >= 11 is 0. The summed E-state index contributed by atoms with van der Waals surface area (Å²) in [7, 11) is 0. The van der Waals surface area contributed by atoms with Gasteiger partial charge in [-0.2, -0.15) is 0 Å². The Morgan fingerprint density at radius 1 is 1.04 bits per heavy atom. The Morgan fingerprint density at radius 2 is 1.88 bits per heavy atom. The summed E-state index contributed by atoms with van der Waals surface area (Å²) in [5.41, 5.74) is 2.29. The first-order valence-electron chi connectivity index (χ1n) is 8.85. The predicted molar refractivity (Wildman–Crippen MR) is 88.0 cm³/mol. The number of carbonyl (C=O) groups is 1. The molecule has 4 rings (SSSR count). The zero-order valence-corrected chi connectivity index (χ0v) is 13.9. The monoisotopic (exact) mass is 332 g/mol. The van der Waals surface area contributed by atoms with Gasteiger partial charge in [0.25, 0.3) is 0 Å². The lowest BCUT2D eigenvalue weighted by molar-refractivity contribution is -0.135. The van der Waals surface area contributed by atoms with Gasteiger partial charge in [-0.1, -0.05) is 0 Å². The van der Waals surface area contributed by atoms with Gasteiger partial charge in [-0.15, -0.1) is 0 Å². The summed E-state index contributed by atoms with van der Waals surface area (Å²) in [6.07, 6.45) is 4.13. The minimum atomic E-state index is 0.0380. The van der Waals surface area contributed by atoms with Crippen molar-refractivity contribution < 1.29 is 14.3 Å². The molecule has 0 bridgehead atoms. The maximum absolute atomic E-state index is 12.7. The van der Waals surface area contributed by atoms with E-state index in [9.17, 15) is 4.79 Å². The largest absolute Gasteiger partial charge is 0.381 e. The van der Waals surface area contributed by atoms with Crippen LogP contribution in [-0.2, 0) is 27.1 Å². The number of amides is 1. The van der Waals surface area contributed by atoms with Crippen molar-refractivity contribution in [3.05, 3.63) is 17.6 Å². The Labute approximate surface area is 142 Å². The molecule has 0 N–H and O–H groups in total. The van der Waals surface area contributed by atoms with Crippen molar-refractivity contribution in [3.63, 3.8) is 0 Å². The molecular formula is C17H24N4O3. The highest BCUT2D eigenvalue weighted by Crippen LogP contribution is 2.25. The van der Waals surface area contributed by atoms with Crippen LogP contribution in [0.5, 0.6) is 0 Å². The van der Waals surface area contributed by atoms with Crippen LogP contribution in [0.1, 0.15) is 17.7 Å². The fraction of sp³-hybridized carbons (Fsp3) is 0.706. The van der Waals surface area contributed by atoms with Crippen molar-refractivity contribution in [1.29, 1.82) is 0 Å². The zero-order valence-electron chi connectivity index (χ0n) is 13.9. The number of anilines is 1. The van der Waals surface area contributed by atoms with Crippen LogP contribution >= 0.6 is 0 Å². The minimum Gasteiger partial charge on any atom is -0.381 e. The number of nitrogens with zero attached hydrogens (tertiary/aromatic N) is 4. The van der Waals surface area contributed by atoms with Gasteiger partial charge in [0.15, 0.2) is 0 Å². The molecular weight excluding hydrogens is 308 g/mol. The lowest BCUT2D eigenvalue weighted by Gasteiger charge is -2.29. The molecule has 2 fully saturated rings. The Bertz CT molecular complexity index is 597. The number of rotatable bonds is 2. The van der Waals surface area contributed by atoms with Gasteiger partial charge in [0, 0.05) is 44.8 Å². The average Bonchev–Trinajstić information content (AvgIpc) is 3.08. The Morgan fingerprint density at radius 3 is 2.67 bits per heavy atom. The van der Waals surface area contributed by atoms with E-state index >= 15 is 0 Å². The SMILES string of the molecule is O=C([C@H]1CCOC1)N1CCc2ncnc(N3CCOCC3)c2CC1. The van der Waals surface area contributed by atoms with Crippen LogP contribution in [0.3, 0.4) is 0 Å². The van der Waals surface area contributed by atoms with E-state index in [4.69, 9.17) is 9.47 Å². The van der Waals surface area contributed by atoms with Crippen LogP contribution in [0.25, 0.3) is 0 Å². The summed E-state index contributed by atoms with van der Waals surface area (Å²) in [4.78, 5) is 26.0. The highest BCUT2D eigenvalue weighted by Gasteiger charge is 2.30. The summed E-state index contributed by atoms with van der Waals surface area (Å²) < 4.78 is 10.8. The molecule has 3 aliphatic heterocycles. The summed E-state index contributed by atoms with van der Waals surface area (Å²) in [6.45, 7) is 5.97. The maximum atomic E-state index is 12.7. The highest BCUT2D eigenvalue weighted by molar-refractivity contribution is 5.79. The van der Waals surface area contributed by atoms with Crippen LogP contribution in [0.4, 0.5) is 5.82 Å². The molecule has 0 spiro atoms. The van der Waals surface area contributed by atoms with Gasteiger partial charge in [0.2, 0.25) is 5.91 Å². The number of fused-ring (bicyclic) bond motifs is 1. The smallest absolute Gasteiger partial charge is 0.228 e. The van der Waals surface area contributed by atoms with Crippen molar-refractivity contribution in [2.24, 2.45) is 5.92 Å². The second kappa shape index (κ2) is 7.03. The van der Waals surface area contributed by atoms with Crippen molar-refractivity contribution in [1.82, 2.24) is 14.9 Å². The standard InChI is InChI=1S/C17H24N4O3/c22-17(13-3-8-24-11-13)21-4-1-14-15(2-5-21)18-12-19-16(14)20-6-9-23-10-7-20/h12-13H,1-11H2/t13-/m0/s1. The second-order valence-corrected chi connectivity index (χ2v) is 6.61. The molecule has 4 heterocycles. The van der Waals surface area contributed by atoms with Gasteiger partial charge < -0.3 is 19.3 Å². The number of hydrogen-bond acceptors (Lipinski definition) is 6. The van der Waals surface area contributed by atoms with Crippen LogP contribution in [0.15, 0.2) is 6.33 Å². The third-order valence-corrected chi connectivity index (χ3v) is 5.16. The number of morpholine rings is 1. The first-order chi connectivity index (χ1) is 11.8. The first kappa shape index (κ1) is 15.8. The summed E-state index contributed by atoms with van der Waals surface area (Å²) in [5.74, 6) is 1.30. The highest BCUT2D eigenvalue weighted by atomic mass is 16.5. The normalized spacial score (nSPS) is 24.6. The molecule has 7 heteroatoms. The minimum absolute atomic E-state index is 0.0380. The van der Waals surface area contributed by atoms with E-state index in [0.717, 1.165) is 70.2 Å². The Hall–Kier alpha value is -1.73. The van der Waals surface area contributed by atoms with Crippen LogP contribution < -0.4 is 4.90 Å². The summed E-state index contributed by atoms with van der Waals surface area (Å²) in [5, 5.41) is 0. The number of aromatic nitrogens is 2. The molecule has 1 aromatic rings. The van der Waals surface area contributed by atoms with Crippen LogP contribution in [-0.4, -0.2) is 73.4 Å². The predicted octanol–water partition coefficient (Wildman–Crippen LogP) is 0.277. The van der Waals surface area contributed by atoms with Crippen molar-refractivity contribution in [3.8, 4) is 0 Å². The maximum Gasteiger partial charge on any atom is 0.228 e. The molecule has 0 aliphatic carbocycles. The summed E-state index contributed by atoms with van der Waals surface area (Å²) in [6, 6.07) is 0. The average molecular weight is 332 g/mol. The number of hydrogen-bond donors (Lipinski definition) is 0. The van der Waals surface area contributed by atoms with Gasteiger partial charge in [-0.05, 0) is 12.8 Å². The van der Waals surface area contributed by atoms with E-state index in [0.29, 0.717) is 13.2 Å². The molecule has 1 atom stereocenters. The lowest BCUT2D eigenvalue weighted by atomic mass is 10.1. The second-order valence-electron chi connectivity index (χ2n) is 6.61. The number of ether oxygens (including phenoxy) is 2. The van der Waals surface area contributed by atoms with Crippen molar-refractivity contribution >= 4 is 11.7 Å². The topological polar surface area (TPSA) is 67.8 Å². The van der Waals surface area contributed by atoms with E-state index in [2.05, 4.69) is 14.9 Å². The van der Waals surface area contributed by atoms with Gasteiger partial charge in [0.05, 0.1) is 31.4 Å². The van der Waals surface area contributed by atoms with E-state index in [1.165, 1.54) is 5.56 Å². The fourth-order valence-corrected chi connectivity index (χ4v) is 3.76. The van der Waals surface area contributed by atoms with Gasteiger partial charge >= 0.3 is 0 Å². The van der Waals surface area contributed by atoms with E-state index in [1.807, 2.05) is 4.90 Å². The molecule has 0 saturated carbocycles. The third-order valence-electron chi connectivity index (χ3n) is 5.16. The van der Waals surface area contributed by atoms with E-state index in [1.54, 1.807) is 6.33 Å². The Kier molecular flexibility index (Phi) is 4.62. The molecule has 130 valence electrons. The van der Waals surface area contributed by atoms with Crippen molar-refractivity contribution in [2.45, 2.75) is 19.3 Å². The molecule has 0 unspecified atom stereocenters. The molecule has 0 aromatic carbocycles.